The van der Waals surface area contributed by atoms with Crippen molar-refractivity contribution < 1.29 is 9.53 Å². The summed E-state index contributed by atoms with van der Waals surface area (Å²) in [6, 6.07) is 13.0. The SMILES string of the molecule is CC[C@@H](C(=O)NCCN1CCOCC1)n1c(Cc2ccc(Cl)cc2Cl)nc2ccccc21. The van der Waals surface area contributed by atoms with Crippen LogP contribution in [0.1, 0.15) is 30.8 Å². The van der Waals surface area contributed by atoms with E-state index < -0.39 is 0 Å². The Kier molecular flexibility index (Phi) is 7.68. The molecule has 0 spiro atoms. The molecule has 1 atom stereocenters. The number of carbonyl (C=O) groups is 1. The molecule has 2 heterocycles. The van der Waals surface area contributed by atoms with E-state index in [2.05, 4.69) is 14.8 Å². The molecule has 170 valence electrons. The number of halogens is 2. The minimum atomic E-state index is -0.354. The number of hydrogen-bond donors (Lipinski definition) is 1. The number of fused-ring (bicyclic) bond motifs is 1. The summed E-state index contributed by atoms with van der Waals surface area (Å²) >= 11 is 12.5. The molecule has 3 aromatic rings. The van der Waals surface area contributed by atoms with Crippen molar-refractivity contribution >= 4 is 40.1 Å². The average molecular weight is 475 g/mol. The number of rotatable bonds is 8. The monoisotopic (exact) mass is 474 g/mol. The van der Waals surface area contributed by atoms with Gasteiger partial charge in [0.25, 0.3) is 0 Å². The number of morpholine rings is 1. The van der Waals surface area contributed by atoms with Crippen molar-refractivity contribution in [3.63, 3.8) is 0 Å². The molecule has 1 aromatic heterocycles. The van der Waals surface area contributed by atoms with Crippen molar-refractivity contribution in [2.24, 2.45) is 0 Å². The molecule has 2 aromatic carbocycles. The van der Waals surface area contributed by atoms with Crippen LogP contribution in [-0.4, -0.2) is 59.8 Å². The normalized spacial score (nSPS) is 15.7. The molecule has 0 unspecified atom stereocenters. The maximum absolute atomic E-state index is 13.2. The smallest absolute Gasteiger partial charge is 0.243 e. The summed E-state index contributed by atoms with van der Waals surface area (Å²) in [6.07, 6.45) is 1.17. The van der Waals surface area contributed by atoms with Crippen LogP contribution in [0.5, 0.6) is 0 Å². The van der Waals surface area contributed by atoms with E-state index in [-0.39, 0.29) is 11.9 Å². The first kappa shape index (κ1) is 23.1. The Hall–Kier alpha value is -2.12. The molecule has 0 saturated carbocycles. The van der Waals surface area contributed by atoms with Crippen molar-refractivity contribution in [2.45, 2.75) is 25.8 Å². The van der Waals surface area contributed by atoms with Gasteiger partial charge in [0.15, 0.2) is 0 Å². The Labute approximate surface area is 198 Å². The number of imidazole rings is 1. The first-order valence-electron chi connectivity index (χ1n) is 11.0. The highest BCUT2D eigenvalue weighted by Crippen LogP contribution is 2.28. The summed E-state index contributed by atoms with van der Waals surface area (Å²) < 4.78 is 7.45. The highest BCUT2D eigenvalue weighted by Gasteiger charge is 2.24. The standard InChI is InChI=1S/C24H28Cl2N4O2/c1-2-21(24(31)27-9-10-29-11-13-32-14-12-29)30-22-6-4-3-5-20(22)28-23(30)15-17-7-8-18(25)16-19(17)26/h3-8,16,21H,2,9-15H2,1H3,(H,27,31)/t21-/m0/s1. The van der Waals surface area contributed by atoms with Crippen LogP contribution in [0.2, 0.25) is 10.0 Å². The lowest BCUT2D eigenvalue weighted by molar-refractivity contribution is -0.124. The molecule has 0 aliphatic carbocycles. The summed E-state index contributed by atoms with van der Waals surface area (Å²) in [5.74, 6) is 0.818. The van der Waals surface area contributed by atoms with Crippen LogP contribution in [-0.2, 0) is 16.0 Å². The number of amides is 1. The van der Waals surface area contributed by atoms with Crippen LogP contribution in [0.4, 0.5) is 0 Å². The van der Waals surface area contributed by atoms with Crippen molar-refractivity contribution in [3.8, 4) is 0 Å². The molecule has 4 rings (SSSR count). The zero-order valence-corrected chi connectivity index (χ0v) is 19.7. The number of aromatic nitrogens is 2. The average Bonchev–Trinajstić information content (AvgIpc) is 3.15. The third-order valence-electron chi connectivity index (χ3n) is 5.86. The maximum Gasteiger partial charge on any atom is 0.243 e. The number of carbonyl (C=O) groups excluding carboxylic acids is 1. The summed E-state index contributed by atoms with van der Waals surface area (Å²) in [6.45, 7) is 6.78. The molecule has 1 aliphatic rings. The summed E-state index contributed by atoms with van der Waals surface area (Å²) in [5, 5.41) is 4.32. The topological polar surface area (TPSA) is 59.4 Å². The van der Waals surface area contributed by atoms with Crippen LogP contribution in [0.25, 0.3) is 11.0 Å². The van der Waals surface area contributed by atoms with E-state index in [1.165, 1.54) is 0 Å². The number of nitrogens with one attached hydrogen (secondary N) is 1. The summed E-state index contributed by atoms with van der Waals surface area (Å²) in [5.41, 5.74) is 2.74. The lowest BCUT2D eigenvalue weighted by Gasteiger charge is -2.27. The van der Waals surface area contributed by atoms with E-state index in [0.29, 0.717) is 29.4 Å². The predicted octanol–water partition coefficient (Wildman–Crippen LogP) is 4.33. The van der Waals surface area contributed by atoms with Crippen molar-refractivity contribution in [2.75, 3.05) is 39.4 Å². The Balaban J connectivity index is 1.57. The Morgan fingerprint density at radius 1 is 1.19 bits per heavy atom. The van der Waals surface area contributed by atoms with E-state index in [1.807, 2.05) is 43.3 Å². The molecule has 0 radical (unpaired) electrons. The van der Waals surface area contributed by atoms with Gasteiger partial charge in [0.1, 0.15) is 11.9 Å². The van der Waals surface area contributed by atoms with Gasteiger partial charge in [0.2, 0.25) is 5.91 Å². The number of ether oxygens (including phenoxy) is 1. The van der Waals surface area contributed by atoms with Gasteiger partial charge in [-0.25, -0.2) is 4.98 Å². The van der Waals surface area contributed by atoms with Crippen LogP contribution in [0.15, 0.2) is 42.5 Å². The highest BCUT2D eigenvalue weighted by atomic mass is 35.5. The molecule has 1 aliphatic heterocycles. The Morgan fingerprint density at radius 3 is 2.72 bits per heavy atom. The van der Waals surface area contributed by atoms with Crippen LogP contribution < -0.4 is 5.32 Å². The van der Waals surface area contributed by atoms with Gasteiger partial charge in [0.05, 0.1) is 24.2 Å². The predicted molar refractivity (Wildman–Crippen MR) is 129 cm³/mol. The van der Waals surface area contributed by atoms with Gasteiger partial charge >= 0.3 is 0 Å². The quantitative estimate of drug-likeness (QED) is 0.527. The van der Waals surface area contributed by atoms with Crippen LogP contribution in [0.3, 0.4) is 0 Å². The molecular formula is C24H28Cl2N4O2. The molecule has 1 fully saturated rings. The number of nitrogens with zero attached hydrogens (tertiary/aromatic N) is 3. The molecule has 1 amide bonds. The van der Waals surface area contributed by atoms with E-state index in [4.69, 9.17) is 32.9 Å². The summed E-state index contributed by atoms with van der Waals surface area (Å²) in [4.78, 5) is 20.4. The maximum atomic E-state index is 13.2. The van der Waals surface area contributed by atoms with Gasteiger partial charge in [-0.2, -0.15) is 0 Å². The third kappa shape index (κ3) is 5.26. The lowest BCUT2D eigenvalue weighted by atomic mass is 10.1. The van der Waals surface area contributed by atoms with E-state index in [1.54, 1.807) is 6.07 Å². The number of hydrogen-bond acceptors (Lipinski definition) is 4. The van der Waals surface area contributed by atoms with Crippen molar-refractivity contribution in [1.82, 2.24) is 19.8 Å². The zero-order chi connectivity index (χ0) is 22.5. The fraction of sp³-hybridized carbons (Fsp3) is 0.417. The fourth-order valence-corrected chi connectivity index (χ4v) is 4.64. The molecule has 1 saturated heterocycles. The van der Waals surface area contributed by atoms with Gasteiger partial charge in [-0.15, -0.1) is 0 Å². The van der Waals surface area contributed by atoms with E-state index in [0.717, 1.165) is 55.3 Å². The van der Waals surface area contributed by atoms with Crippen molar-refractivity contribution in [1.29, 1.82) is 0 Å². The zero-order valence-electron chi connectivity index (χ0n) is 18.2. The second kappa shape index (κ2) is 10.7. The van der Waals surface area contributed by atoms with E-state index in [9.17, 15) is 4.79 Å². The van der Waals surface area contributed by atoms with Gasteiger partial charge in [0, 0.05) is 42.6 Å². The Morgan fingerprint density at radius 2 is 1.97 bits per heavy atom. The molecule has 1 N–H and O–H groups in total. The third-order valence-corrected chi connectivity index (χ3v) is 6.45. The second-order valence-corrected chi connectivity index (χ2v) is 8.81. The molecule has 6 nitrogen and oxygen atoms in total. The van der Waals surface area contributed by atoms with E-state index >= 15 is 0 Å². The lowest BCUT2D eigenvalue weighted by Crippen LogP contribution is -2.42. The second-order valence-electron chi connectivity index (χ2n) is 7.97. The fourth-order valence-electron chi connectivity index (χ4n) is 4.17. The molecule has 32 heavy (non-hydrogen) atoms. The molecular weight excluding hydrogens is 447 g/mol. The molecule has 8 heteroatoms. The van der Waals surface area contributed by atoms with Gasteiger partial charge in [-0.1, -0.05) is 48.3 Å². The summed E-state index contributed by atoms with van der Waals surface area (Å²) in [7, 11) is 0. The van der Waals surface area contributed by atoms with Crippen LogP contribution in [0, 0.1) is 0 Å². The number of benzene rings is 2. The first-order chi connectivity index (χ1) is 15.6. The van der Waals surface area contributed by atoms with Gasteiger partial charge in [-0.05, 0) is 36.2 Å². The largest absolute Gasteiger partial charge is 0.379 e. The van der Waals surface area contributed by atoms with Crippen molar-refractivity contribution in [3.05, 3.63) is 63.9 Å². The minimum Gasteiger partial charge on any atom is -0.379 e. The number of para-hydroxylation sites is 2. The highest BCUT2D eigenvalue weighted by molar-refractivity contribution is 6.35. The van der Waals surface area contributed by atoms with Gasteiger partial charge < -0.3 is 14.6 Å². The minimum absolute atomic E-state index is 0.00682. The molecule has 0 bridgehead atoms. The van der Waals surface area contributed by atoms with Crippen LogP contribution >= 0.6 is 23.2 Å². The first-order valence-corrected chi connectivity index (χ1v) is 11.8. The Bertz CT molecular complexity index is 1080. The van der Waals surface area contributed by atoms with Gasteiger partial charge in [-0.3, -0.25) is 9.69 Å².